The third-order valence-corrected chi connectivity index (χ3v) is 9.42. The lowest BCUT2D eigenvalue weighted by atomic mass is 9.57. The molecule has 2 heterocycles. The van der Waals surface area contributed by atoms with Crippen molar-refractivity contribution in [2.45, 2.75) is 76.9 Å². The second kappa shape index (κ2) is 11.8. The van der Waals surface area contributed by atoms with Crippen LogP contribution in [0.2, 0.25) is 10.0 Å². The minimum absolute atomic E-state index is 0.00841. The smallest absolute Gasteiger partial charge is 0.237 e. The molecule has 2 N–H and O–H groups in total. The van der Waals surface area contributed by atoms with Gasteiger partial charge in [-0.2, -0.15) is 0 Å². The largest absolute Gasteiger partial charge is 0.490 e. The van der Waals surface area contributed by atoms with E-state index < -0.39 is 11.5 Å². The van der Waals surface area contributed by atoms with E-state index in [2.05, 4.69) is 30.6 Å². The van der Waals surface area contributed by atoms with Gasteiger partial charge >= 0.3 is 0 Å². The number of piperidine rings is 1. The maximum Gasteiger partial charge on any atom is 0.237 e. The Hall–Kier alpha value is -2.47. The Balaban J connectivity index is 1.73. The highest BCUT2D eigenvalue weighted by Gasteiger charge is 2.62. The Labute approximate surface area is 251 Å². The van der Waals surface area contributed by atoms with E-state index in [0.29, 0.717) is 38.5 Å². The molecule has 1 unspecified atom stereocenters. The van der Waals surface area contributed by atoms with Crippen molar-refractivity contribution in [1.82, 2.24) is 5.32 Å². The fourth-order valence-electron chi connectivity index (χ4n) is 6.73. The Morgan fingerprint density at radius 2 is 1.80 bits per heavy atom. The molecule has 1 spiro atoms. The predicted octanol–water partition coefficient (Wildman–Crippen LogP) is 8.42. The standard InChI is InChI=1S/C32H35Cl3N2O3/c1-4-7-22(8-5-2)40-28-13-18(3)26(35)16-23(28)30-32(24-12-11-21(34)15-27(24)36-31(32)39)25(17-29(38)37-30)19-9-6-10-20(33)14-19/h6,9-13,15-16,19,22,25,30H,4-5,7-8,14,17H2,1-3H3,(H,36,39)(H,37,38)/t19?,25-,30-,32-/m0/s1. The van der Waals surface area contributed by atoms with Crippen LogP contribution < -0.4 is 15.4 Å². The molecule has 1 saturated heterocycles. The number of benzene rings is 2. The fraction of sp³-hybridized carbons (Fsp3) is 0.438. The maximum absolute atomic E-state index is 14.4. The normalized spacial score (nSPS) is 25.6. The van der Waals surface area contributed by atoms with E-state index >= 15 is 0 Å². The lowest BCUT2D eigenvalue weighted by Crippen LogP contribution is -2.59. The van der Waals surface area contributed by atoms with Gasteiger partial charge in [-0.05, 0) is 79.5 Å². The number of hydrogen-bond acceptors (Lipinski definition) is 3. The molecular weight excluding hydrogens is 567 g/mol. The topological polar surface area (TPSA) is 67.4 Å². The van der Waals surface area contributed by atoms with Crippen molar-refractivity contribution in [1.29, 1.82) is 0 Å². The number of aryl methyl sites for hydroxylation is 1. The molecule has 3 aliphatic rings. The highest BCUT2D eigenvalue weighted by atomic mass is 35.5. The molecule has 2 aliphatic heterocycles. The van der Waals surface area contributed by atoms with Crippen LogP contribution in [0.15, 0.2) is 53.6 Å². The molecule has 4 atom stereocenters. The minimum Gasteiger partial charge on any atom is -0.490 e. The van der Waals surface area contributed by atoms with Crippen LogP contribution in [-0.2, 0) is 15.0 Å². The molecule has 5 nitrogen and oxygen atoms in total. The van der Waals surface area contributed by atoms with Crippen LogP contribution >= 0.6 is 34.8 Å². The van der Waals surface area contributed by atoms with Crippen LogP contribution in [0.25, 0.3) is 0 Å². The highest BCUT2D eigenvalue weighted by Crippen LogP contribution is 2.58. The number of carbonyl (C=O) groups is 2. The summed E-state index contributed by atoms with van der Waals surface area (Å²) in [6.45, 7) is 6.22. The van der Waals surface area contributed by atoms with E-state index in [0.717, 1.165) is 36.8 Å². The third kappa shape index (κ3) is 5.17. The van der Waals surface area contributed by atoms with Crippen molar-refractivity contribution < 1.29 is 14.3 Å². The molecule has 2 aromatic carbocycles. The van der Waals surface area contributed by atoms with Crippen molar-refractivity contribution >= 4 is 52.3 Å². The van der Waals surface area contributed by atoms with E-state index in [4.69, 9.17) is 39.5 Å². The first-order valence-corrected chi connectivity index (χ1v) is 15.2. The van der Waals surface area contributed by atoms with E-state index in [9.17, 15) is 9.59 Å². The van der Waals surface area contributed by atoms with Gasteiger partial charge in [0.2, 0.25) is 11.8 Å². The molecule has 1 fully saturated rings. The summed E-state index contributed by atoms with van der Waals surface area (Å²) < 4.78 is 6.69. The van der Waals surface area contributed by atoms with Crippen LogP contribution in [0, 0.1) is 18.8 Å². The quantitative estimate of drug-likeness (QED) is 0.319. The number of amides is 2. The van der Waals surface area contributed by atoms with Crippen LogP contribution in [0.3, 0.4) is 0 Å². The van der Waals surface area contributed by atoms with Gasteiger partial charge < -0.3 is 15.4 Å². The number of carbonyl (C=O) groups excluding carboxylic acids is 2. The Bertz CT molecular complexity index is 1380. The number of ether oxygens (including phenoxy) is 1. The number of allylic oxidation sites excluding steroid dienone is 4. The average molecular weight is 602 g/mol. The molecule has 2 aromatic rings. The molecule has 1 aliphatic carbocycles. The summed E-state index contributed by atoms with van der Waals surface area (Å²) in [4.78, 5) is 27.9. The summed E-state index contributed by atoms with van der Waals surface area (Å²) in [7, 11) is 0. The summed E-state index contributed by atoms with van der Waals surface area (Å²) in [6, 6.07) is 8.56. The monoisotopic (exact) mass is 600 g/mol. The van der Waals surface area contributed by atoms with Gasteiger partial charge in [0.15, 0.2) is 0 Å². The summed E-state index contributed by atoms with van der Waals surface area (Å²) in [5, 5.41) is 8.09. The third-order valence-electron chi connectivity index (χ3n) is 8.50. The summed E-state index contributed by atoms with van der Waals surface area (Å²) in [5.41, 5.74) is 1.89. The zero-order chi connectivity index (χ0) is 28.6. The van der Waals surface area contributed by atoms with E-state index in [-0.39, 0.29) is 36.2 Å². The van der Waals surface area contributed by atoms with Gasteiger partial charge in [0.1, 0.15) is 11.2 Å². The molecule has 5 rings (SSSR count). The molecule has 0 saturated carbocycles. The van der Waals surface area contributed by atoms with Crippen LogP contribution in [0.5, 0.6) is 5.75 Å². The number of hydrogen-bond donors (Lipinski definition) is 2. The van der Waals surface area contributed by atoms with Gasteiger partial charge in [0.25, 0.3) is 0 Å². The molecule has 8 heteroatoms. The van der Waals surface area contributed by atoms with Gasteiger partial charge in [-0.1, -0.05) is 79.7 Å². The Morgan fingerprint density at radius 3 is 2.50 bits per heavy atom. The van der Waals surface area contributed by atoms with Crippen molar-refractivity contribution in [2.75, 3.05) is 5.32 Å². The van der Waals surface area contributed by atoms with Gasteiger partial charge in [-0.25, -0.2) is 0 Å². The van der Waals surface area contributed by atoms with Crippen LogP contribution in [-0.4, -0.2) is 17.9 Å². The maximum atomic E-state index is 14.4. The minimum atomic E-state index is -1.14. The zero-order valence-corrected chi connectivity index (χ0v) is 25.3. The molecule has 40 heavy (non-hydrogen) atoms. The van der Waals surface area contributed by atoms with Gasteiger partial charge in [-0.3, -0.25) is 9.59 Å². The first-order valence-electron chi connectivity index (χ1n) is 14.1. The van der Waals surface area contributed by atoms with E-state index in [1.54, 1.807) is 12.1 Å². The predicted molar refractivity (Wildman–Crippen MR) is 162 cm³/mol. The average Bonchev–Trinajstić information content (AvgIpc) is 3.18. The van der Waals surface area contributed by atoms with Crippen molar-refractivity contribution in [2.24, 2.45) is 11.8 Å². The van der Waals surface area contributed by atoms with Crippen molar-refractivity contribution in [3.05, 3.63) is 80.3 Å². The first kappa shape index (κ1) is 29.0. The Kier molecular flexibility index (Phi) is 8.56. The molecular formula is C32H35Cl3N2O3. The molecule has 2 amide bonds. The zero-order valence-electron chi connectivity index (χ0n) is 23.0. The highest BCUT2D eigenvalue weighted by molar-refractivity contribution is 6.32. The van der Waals surface area contributed by atoms with E-state index in [1.165, 1.54) is 0 Å². The SMILES string of the molecule is CCCC(CCC)Oc1cc(C)c(Cl)cc1[C@@H]1NC(=O)C[C@@H](C2C=CC=C(Cl)C2)[C@]12C(=O)Nc1cc(Cl)ccc12. The number of anilines is 1. The Morgan fingerprint density at radius 1 is 1.05 bits per heavy atom. The summed E-state index contributed by atoms with van der Waals surface area (Å²) >= 11 is 19.6. The molecule has 212 valence electrons. The summed E-state index contributed by atoms with van der Waals surface area (Å²) in [6.07, 6.45) is 10.3. The van der Waals surface area contributed by atoms with Crippen molar-refractivity contribution in [3.63, 3.8) is 0 Å². The van der Waals surface area contributed by atoms with Crippen molar-refractivity contribution in [3.8, 4) is 5.75 Å². The van der Waals surface area contributed by atoms with Gasteiger partial charge in [0, 0.05) is 32.7 Å². The number of fused-ring (bicyclic) bond motifs is 2. The fourth-order valence-corrected chi connectivity index (χ4v) is 7.32. The lowest BCUT2D eigenvalue weighted by molar-refractivity contribution is -0.135. The number of rotatable bonds is 8. The summed E-state index contributed by atoms with van der Waals surface area (Å²) in [5.74, 6) is -0.165. The molecule has 0 aromatic heterocycles. The molecule has 0 bridgehead atoms. The second-order valence-electron chi connectivity index (χ2n) is 11.1. The lowest BCUT2D eigenvalue weighted by Gasteiger charge is -2.49. The second-order valence-corrected chi connectivity index (χ2v) is 12.5. The van der Waals surface area contributed by atoms with Gasteiger partial charge in [0.05, 0.1) is 12.1 Å². The number of halogens is 3. The first-order chi connectivity index (χ1) is 19.2. The van der Waals surface area contributed by atoms with Crippen LogP contribution in [0.4, 0.5) is 5.69 Å². The van der Waals surface area contributed by atoms with Crippen LogP contribution in [0.1, 0.15) is 75.1 Å². The molecule has 0 radical (unpaired) electrons. The van der Waals surface area contributed by atoms with Gasteiger partial charge in [-0.15, -0.1) is 0 Å². The van der Waals surface area contributed by atoms with E-state index in [1.807, 2.05) is 37.3 Å². The number of nitrogens with one attached hydrogen (secondary N) is 2.